The van der Waals surface area contributed by atoms with Gasteiger partial charge in [0, 0.05) is 13.1 Å². The average molecular weight is 311 g/mol. The zero-order valence-electron chi connectivity index (χ0n) is 10.9. The number of carbonyl (C=O) groups is 1. The van der Waals surface area contributed by atoms with Gasteiger partial charge in [0.15, 0.2) is 0 Å². The molecule has 2 aromatic heterocycles. The highest BCUT2D eigenvalue weighted by atomic mass is 35.5. The number of nitrogens with one attached hydrogen (secondary N) is 1. The van der Waals surface area contributed by atoms with Crippen molar-refractivity contribution in [1.29, 1.82) is 0 Å². The number of furan rings is 1. The van der Waals surface area contributed by atoms with Gasteiger partial charge in [0.25, 0.3) is 0 Å². The maximum absolute atomic E-state index is 11.6. The van der Waals surface area contributed by atoms with Gasteiger partial charge < -0.3 is 9.73 Å². The molecule has 1 N–H and O–H groups in total. The molecule has 0 aliphatic rings. The molecule has 2 rings (SSSR count). The minimum Gasteiger partial charge on any atom is -0.401 e. The number of carbonyl (C=O) groups excluding carboxylic acids is 1. The summed E-state index contributed by atoms with van der Waals surface area (Å²) < 4.78 is 6.44. The summed E-state index contributed by atoms with van der Waals surface area (Å²) >= 11 is 5.90. The normalized spacial score (nSPS) is 11.0. The van der Waals surface area contributed by atoms with Gasteiger partial charge in [0.1, 0.15) is 10.7 Å². The van der Waals surface area contributed by atoms with E-state index in [2.05, 4.69) is 10.4 Å². The average Bonchev–Trinajstić information content (AvgIpc) is 3.03. The minimum absolute atomic E-state index is 0.218. The molecular formula is C12H11ClN4O4. The van der Waals surface area contributed by atoms with Crippen molar-refractivity contribution < 1.29 is 14.1 Å². The van der Waals surface area contributed by atoms with Crippen LogP contribution in [0.5, 0.6) is 0 Å². The van der Waals surface area contributed by atoms with Gasteiger partial charge in [-0.3, -0.25) is 19.6 Å². The standard InChI is InChI=1S/C12H11ClN4O4/c1-16-10(9(13)6-15-16)7-14-11(18)4-2-8-3-5-12(21-8)17(19)20/h2-6H,7H2,1H3,(H,14,18)/b4-2+. The monoisotopic (exact) mass is 310 g/mol. The highest BCUT2D eigenvalue weighted by Crippen LogP contribution is 2.16. The Balaban J connectivity index is 1.92. The highest BCUT2D eigenvalue weighted by Gasteiger charge is 2.10. The van der Waals surface area contributed by atoms with Crippen LogP contribution in [0.4, 0.5) is 5.88 Å². The van der Waals surface area contributed by atoms with E-state index in [1.165, 1.54) is 30.5 Å². The molecule has 0 radical (unpaired) electrons. The Morgan fingerprint density at radius 1 is 1.62 bits per heavy atom. The summed E-state index contributed by atoms with van der Waals surface area (Å²) in [5, 5.41) is 17.5. The van der Waals surface area contributed by atoms with E-state index in [1.54, 1.807) is 11.7 Å². The topological polar surface area (TPSA) is 103 Å². The van der Waals surface area contributed by atoms with Gasteiger partial charge in [0.05, 0.1) is 29.5 Å². The van der Waals surface area contributed by atoms with E-state index in [0.29, 0.717) is 10.7 Å². The summed E-state index contributed by atoms with van der Waals surface area (Å²) in [6.45, 7) is 0.219. The van der Waals surface area contributed by atoms with Crippen molar-refractivity contribution >= 4 is 29.5 Å². The predicted octanol–water partition coefficient (Wildman–Crippen LogP) is 1.90. The Morgan fingerprint density at radius 2 is 2.38 bits per heavy atom. The maximum Gasteiger partial charge on any atom is 0.433 e. The first kappa shape index (κ1) is 14.8. The van der Waals surface area contributed by atoms with Gasteiger partial charge in [0.2, 0.25) is 5.91 Å². The molecule has 2 aromatic rings. The fourth-order valence-corrected chi connectivity index (χ4v) is 1.79. The van der Waals surface area contributed by atoms with E-state index < -0.39 is 4.92 Å². The van der Waals surface area contributed by atoms with Crippen LogP contribution in [-0.4, -0.2) is 20.6 Å². The Bertz CT molecular complexity index is 684. The van der Waals surface area contributed by atoms with Gasteiger partial charge in [-0.15, -0.1) is 0 Å². The molecule has 8 nitrogen and oxygen atoms in total. The van der Waals surface area contributed by atoms with Crippen LogP contribution in [0.1, 0.15) is 11.5 Å². The van der Waals surface area contributed by atoms with E-state index in [1.807, 2.05) is 0 Å². The quantitative estimate of drug-likeness (QED) is 0.516. The number of hydrogen-bond acceptors (Lipinski definition) is 5. The van der Waals surface area contributed by atoms with Crippen molar-refractivity contribution in [3.8, 4) is 0 Å². The van der Waals surface area contributed by atoms with Crippen molar-refractivity contribution in [3.63, 3.8) is 0 Å². The second kappa shape index (κ2) is 6.23. The molecule has 1 amide bonds. The molecule has 0 unspecified atom stereocenters. The van der Waals surface area contributed by atoms with Crippen LogP contribution in [0.25, 0.3) is 6.08 Å². The van der Waals surface area contributed by atoms with Crippen molar-refractivity contribution in [3.05, 3.63) is 51.0 Å². The third kappa shape index (κ3) is 3.69. The Hall–Kier alpha value is -2.61. The first-order valence-electron chi connectivity index (χ1n) is 5.84. The van der Waals surface area contributed by atoms with Crippen LogP contribution >= 0.6 is 11.6 Å². The van der Waals surface area contributed by atoms with Crippen LogP contribution in [-0.2, 0) is 18.4 Å². The summed E-state index contributed by atoms with van der Waals surface area (Å²) in [6.07, 6.45) is 4.04. The third-order valence-corrected chi connectivity index (χ3v) is 2.95. The second-order valence-electron chi connectivity index (χ2n) is 4.05. The molecule has 0 aliphatic heterocycles. The smallest absolute Gasteiger partial charge is 0.401 e. The van der Waals surface area contributed by atoms with Crippen molar-refractivity contribution in [2.45, 2.75) is 6.54 Å². The molecule has 0 saturated carbocycles. The molecule has 2 heterocycles. The summed E-state index contributed by atoms with van der Waals surface area (Å²) in [4.78, 5) is 21.4. The van der Waals surface area contributed by atoms with Gasteiger partial charge in [-0.05, 0) is 12.1 Å². The van der Waals surface area contributed by atoms with Crippen LogP contribution < -0.4 is 5.32 Å². The number of nitro groups is 1. The van der Waals surface area contributed by atoms with E-state index in [4.69, 9.17) is 16.0 Å². The summed E-state index contributed by atoms with van der Waals surface area (Å²) in [6, 6.07) is 2.62. The van der Waals surface area contributed by atoms with Crippen molar-refractivity contribution in [2.24, 2.45) is 7.05 Å². The van der Waals surface area contributed by atoms with E-state index >= 15 is 0 Å². The number of halogens is 1. The first-order chi connectivity index (χ1) is 9.97. The lowest BCUT2D eigenvalue weighted by molar-refractivity contribution is -0.402. The highest BCUT2D eigenvalue weighted by molar-refractivity contribution is 6.31. The Morgan fingerprint density at radius 3 is 2.95 bits per heavy atom. The second-order valence-corrected chi connectivity index (χ2v) is 4.45. The van der Waals surface area contributed by atoms with E-state index in [-0.39, 0.29) is 24.1 Å². The third-order valence-electron chi connectivity index (χ3n) is 2.63. The van der Waals surface area contributed by atoms with Gasteiger partial charge in [-0.1, -0.05) is 11.6 Å². The van der Waals surface area contributed by atoms with Crippen LogP contribution in [0.2, 0.25) is 5.02 Å². The SMILES string of the molecule is Cn1ncc(Cl)c1CNC(=O)/C=C/c1ccc([N+](=O)[O-])o1. The molecule has 0 fully saturated rings. The van der Waals surface area contributed by atoms with Gasteiger partial charge in [-0.2, -0.15) is 5.10 Å². The van der Waals surface area contributed by atoms with Crippen molar-refractivity contribution in [1.82, 2.24) is 15.1 Å². The van der Waals surface area contributed by atoms with E-state index in [9.17, 15) is 14.9 Å². The Labute approximate surface area is 124 Å². The zero-order chi connectivity index (χ0) is 15.4. The largest absolute Gasteiger partial charge is 0.433 e. The molecule has 0 saturated heterocycles. The molecule has 9 heteroatoms. The summed E-state index contributed by atoms with van der Waals surface area (Å²) in [5.41, 5.74) is 0.673. The zero-order valence-corrected chi connectivity index (χ0v) is 11.7. The molecular weight excluding hydrogens is 300 g/mol. The first-order valence-corrected chi connectivity index (χ1v) is 6.21. The minimum atomic E-state index is -0.651. The Kier molecular flexibility index (Phi) is 4.39. The molecule has 0 spiro atoms. The fourth-order valence-electron chi connectivity index (χ4n) is 1.55. The van der Waals surface area contributed by atoms with Gasteiger partial charge in [-0.25, -0.2) is 0 Å². The fraction of sp³-hybridized carbons (Fsp3) is 0.167. The summed E-state index contributed by atoms with van der Waals surface area (Å²) in [5.74, 6) is -0.543. The van der Waals surface area contributed by atoms with Crippen LogP contribution in [0, 0.1) is 10.1 Å². The molecule has 21 heavy (non-hydrogen) atoms. The molecule has 0 aromatic carbocycles. The lowest BCUT2D eigenvalue weighted by atomic mass is 10.3. The number of amides is 1. The summed E-state index contributed by atoms with van der Waals surface area (Å²) in [7, 11) is 1.71. The van der Waals surface area contributed by atoms with Crippen molar-refractivity contribution in [2.75, 3.05) is 0 Å². The predicted molar refractivity (Wildman–Crippen MR) is 74.5 cm³/mol. The number of aromatic nitrogens is 2. The number of nitrogens with zero attached hydrogens (tertiary/aromatic N) is 3. The molecule has 0 atom stereocenters. The number of hydrogen-bond donors (Lipinski definition) is 1. The molecule has 0 bridgehead atoms. The lowest BCUT2D eigenvalue weighted by Crippen LogP contribution is -2.22. The number of rotatable bonds is 5. The number of aryl methyl sites for hydroxylation is 1. The van der Waals surface area contributed by atoms with E-state index in [0.717, 1.165) is 0 Å². The molecule has 0 aliphatic carbocycles. The molecule has 110 valence electrons. The van der Waals surface area contributed by atoms with Gasteiger partial charge >= 0.3 is 5.88 Å². The lowest BCUT2D eigenvalue weighted by Gasteiger charge is -2.03. The van der Waals surface area contributed by atoms with Crippen LogP contribution in [0.15, 0.2) is 28.8 Å². The maximum atomic E-state index is 11.6. The van der Waals surface area contributed by atoms with Crippen LogP contribution in [0.3, 0.4) is 0 Å².